The molecule has 7 rings (SSSR count). The van der Waals surface area contributed by atoms with Crippen LogP contribution in [0.4, 0.5) is 0 Å². The molecule has 0 N–H and O–H groups in total. The van der Waals surface area contributed by atoms with E-state index in [9.17, 15) is 19.2 Å². The summed E-state index contributed by atoms with van der Waals surface area (Å²) in [6, 6.07) is 16.5. The molecular weight excluding hydrogens is 452 g/mol. The van der Waals surface area contributed by atoms with Crippen LogP contribution in [0, 0.1) is 5.92 Å². The molecule has 2 aromatic heterocycles. The largest absolute Gasteiger partial charge is 0.469 e. The standard InChI is InChI=1S/C24H20N6O5/c1-14-13-17-18-24(2,35-14)30-23(34)26(16-11-7-4-8-12-16)22(33)29(30)19(17)28-21(32)25(20(31)27(18)28)15-9-5-3-6-10-15/h3-13,17-19H,1-2H3/t17-,18-,19-,24+/m0/s1. The van der Waals surface area contributed by atoms with Crippen LogP contribution in [-0.4, -0.2) is 27.9 Å². The Morgan fingerprint density at radius 1 is 0.714 bits per heavy atom. The summed E-state index contributed by atoms with van der Waals surface area (Å²) in [7, 11) is 0. The van der Waals surface area contributed by atoms with E-state index in [0.717, 1.165) is 9.13 Å². The van der Waals surface area contributed by atoms with Gasteiger partial charge < -0.3 is 4.74 Å². The fourth-order valence-corrected chi connectivity index (χ4v) is 6.03. The molecule has 11 heteroatoms. The molecular formula is C24H20N6O5. The third-order valence-corrected chi connectivity index (χ3v) is 7.25. The predicted molar refractivity (Wildman–Crippen MR) is 124 cm³/mol. The molecule has 4 bridgehead atoms. The molecule has 2 aromatic carbocycles. The maximum Gasteiger partial charge on any atom is 0.355 e. The van der Waals surface area contributed by atoms with Gasteiger partial charge in [-0.3, -0.25) is 0 Å². The highest BCUT2D eigenvalue weighted by Gasteiger charge is 2.63. The van der Waals surface area contributed by atoms with Gasteiger partial charge in [-0.25, -0.2) is 42.4 Å². The SMILES string of the molecule is CC1=C[C@H]2[C@@H]3n4c(=O)n(-c5ccccc5)c(=O)n4[C@H]2n2c(=O)n(-c4ccccc4)c(=O)n2[C@]3(C)O1. The van der Waals surface area contributed by atoms with Crippen molar-refractivity contribution in [2.24, 2.45) is 5.92 Å². The van der Waals surface area contributed by atoms with Gasteiger partial charge in [0.05, 0.1) is 23.1 Å². The van der Waals surface area contributed by atoms with E-state index >= 15 is 0 Å². The fourth-order valence-electron chi connectivity index (χ4n) is 6.03. The molecule has 0 fully saturated rings. The Bertz CT molecular complexity index is 1800. The van der Waals surface area contributed by atoms with E-state index < -0.39 is 46.6 Å². The molecule has 176 valence electrons. The molecule has 0 saturated heterocycles. The lowest BCUT2D eigenvalue weighted by molar-refractivity contribution is -0.153. The van der Waals surface area contributed by atoms with Gasteiger partial charge in [0.2, 0.25) is 5.72 Å². The summed E-state index contributed by atoms with van der Waals surface area (Å²) >= 11 is 0. The smallest absolute Gasteiger partial charge is 0.355 e. The van der Waals surface area contributed by atoms with E-state index in [1.807, 2.05) is 6.08 Å². The van der Waals surface area contributed by atoms with Crippen LogP contribution < -0.4 is 22.8 Å². The van der Waals surface area contributed by atoms with E-state index in [0.29, 0.717) is 17.1 Å². The second-order valence-electron chi connectivity index (χ2n) is 9.19. The maximum absolute atomic E-state index is 13.8. The minimum atomic E-state index is -1.42. The van der Waals surface area contributed by atoms with Crippen molar-refractivity contribution in [3.05, 3.63) is 114 Å². The summed E-state index contributed by atoms with van der Waals surface area (Å²) in [5.41, 5.74) is -2.95. The zero-order chi connectivity index (χ0) is 24.2. The van der Waals surface area contributed by atoms with Crippen LogP contribution in [0.5, 0.6) is 0 Å². The summed E-state index contributed by atoms with van der Waals surface area (Å²) in [4.78, 5) is 54.9. The Kier molecular flexibility index (Phi) is 3.59. The first kappa shape index (κ1) is 19.9. The number of fused-ring (bicyclic) bond motifs is 5. The van der Waals surface area contributed by atoms with Crippen LogP contribution in [0.3, 0.4) is 0 Å². The number of benzene rings is 2. The fraction of sp³-hybridized carbons (Fsp3) is 0.250. The number of para-hydroxylation sites is 2. The van der Waals surface area contributed by atoms with E-state index in [-0.39, 0.29) is 0 Å². The minimum Gasteiger partial charge on any atom is -0.469 e. The van der Waals surface area contributed by atoms with Gasteiger partial charge >= 0.3 is 22.8 Å². The first-order chi connectivity index (χ1) is 16.8. The summed E-state index contributed by atoms with van der Waals surface area (Å²) in [5.74, 6) is 0.113. The highest BCUT2D eigenvalue weighted by Crippen LogP contribution is 2.53. The van der Waals surface area contributed by atoms with Crippen molar-refractivity contribution in [1.29, 1.82) is 0 Å². The molecule has 4 atom stereocenters. The van der Waals surface area contributed by atoms with Gasteiger partial charge in [0.15, 0.2) is 6.17 Å². The lowest BCUT2D eigenvalue weighted by Gasteiger charge is -2.46. The molecule has 0 unspecified atom stereocenters. The number of allylic oxidation sites excluding steroid dienone is 2. The molecule has 0 aliphatic carbocycles. The Morgan fingerprint density at radius 3 is 1.83 bits per heavy atom. The van der Waals surface area contributed by atoms with Gasteiger partial charge in [-0.05, 0) is 44.2 Å². The molecule has 0 saturated carbocycles. The predicted octanol–water partition coefficient (Wildman–Crippen LogP) is 0.753. The molecule has 3 aliphatic heterocycles. The Balaban J connectivity index is 1.60. The molecule has 11 nitrogen and oxygen atoms in total. The third-order valence-electron chi connectivity index (χ3n) is 7.25. The number of hydrogen-bond acceptors (Lipinski definition) is 5. The Labute approximate surface area is 196 Å². The molecule has 0 spiro atoms. The quantitative estimate of drug-likeness (QED) is 0.428. The van der Waals surface area contributed by atoms with Gasteiger partial charge in [0, 0.05) is 0 Å². The highest BCUT2D eigenvalue weighted by molar-refractivity contribution is 5.33. The second-order valence-corrected chi connectivity index (χ2v) is 9.19. The van der Waals surface area contributed by atoms with Crippen LogP contribution in [0.2, 0.25) is 0 Å². The lowest BCUT2D eigenvalue weighted by Crippen LogP contribution is -2.58. The van der Waals surface area contributed by atoms with E-state index in [2.05, 4.69) is 0 Å². The van der Waals surface area contributed by atoms with Crippen LogP contribution in [0.25, 0.3) is 11.4 Å². The third kappa shape index (κ3) is 2.20. The van der Waals surface area contributed by atoms with Crippen molar-refractivity contribution >= 4 is 0 Å². The van der Waals surface area contributed by atoms with Crippen molar-refractivity contribution in [1.82, 2.24) is 27.9 Å². The first-order valence-electron chi connectivity index (χ1n) is 11.3. The zero-order valence-electron chi connectivity index (χ0n) is 18.8. The monoisotopic (exact) mass is 472 g/mol. The average molecular weight is 472 g/mol. The number of ether oxygens (including phenoxy) is 1. The van der Waals surface area contributed by atoms with Crippen LogP contribution in [0.15, 0.2) is 91.7 Å². The van der Waals surface area contributed by atoms with Crippen LogP contribution >= 0.6 is 0 Å². The Morgan fingerprint density at radius 2 is 1.23 bits per heavy atom. The average Bonchev–Trinajstić information content (AvgIpc) is 3.37. The molecule has 35 heavy (non-hydrogen) atoms. The van der Waals surface area contributed by atoms with E-state index in [1.165, 1.54) is 18.7 Å². The maximum atomic E-state index is 13.8. The second kappa shape index (κ2) is 6.32. The van der Waals surface area contributed by atoms with Gasteiger partial charge in [0.25, 0.3) is 0 Å². The summed E-state index contributed by atoms with van der Waals surface area (Å²) in [6.07, 6.45) is 0.908. The Hall–Kier alpha value is -4.54. The van der Waals surface area contributed by atoms with Crippen molar-refractivity contribution in [2.75, 3.05) is 0 Å². The first-order valence-corrected chi connectivity index (χ1v) is 11.3. The molecule has 0 radical (unpaired) electrons. The van der Waals surface area contributed by atoms with Crippen LogP contribution in [-0.2, 0) is 10.5 Å². The molecule has 4 aromatic rings. The van der Waals surface area contributed by atoms with E-state index in [1.54, 1.807) is 74.5 Å². The number of aromatic nitrogens is 6. The molecule has 5 heterocycles. The van der Waals surface area contributed by atoms with Gasteiger partial charge in [-0.1, -0.05) is 36.4 Å². The van der Waals surface area contributed by atoms with Gasteiger partial charge in [-0.15, -0.1) is 0 Å². The lowest BCUT2D eigenvalue weighted by atomic mass is 9.86. The normalized spacial score (nSPS) is 25.5. The minimum absolute atomic E-state index is 0.405. The van der Waals surface area contributed by atoms with Gasteiger partial charge in [-0.2, -0.15) is 4.68 Å². The number of nitrogens with zero attached hydrogens (tertiary/aromatic N) is 6. The van der Waals surface area contributed by atoms with Crippen molar-refractivity contribution in [3.8, 4) is 11.4 Å². The topological polar surface area (TPSA) is 107 Å². The van der Waals surface area contributed by atoms with Gasteiger partial charge in [0.1, 0.15) is 6.04 Å². The van der Waals surface area contributed by atoms with Crippen LogP contribution in [0.1, 0.15) is 26.1 Å². The highest BCUT2D eigenvalue weighted by atomic mass is 16.5. The van der Waals surface area contributed by atoms with Crippen molar-refractivity contribution in [3.63, 3.8) is 0 Å². The summed E-state index contributed by atoms with van der Waals surface area (Å²) in [5, 5.41) is 0. The molecule has 0 amide bonds. The van der Waals surface area contributed by atoms with Crippen molar-refractivity contribution in [2.45, 2.75) is 31.8 Å². The van der Waals surface area contributed by atoms with Crippen molar-refractivity contribution < 1.29 is 4.74 Å². The number of rotatable bonds is 2. The summed E-state index contributed by atoms with van der Waals surface area (Å²) < 4.78 is 13.5. The summed E-state index contributed by atoms with van der Waals surface area (Å²) in [6.45, 7) is 3.44. The molecule has 3 aliphatic rings. The number of hydrogen-bond donors (Lipinski definition) is 0. The van der Waals surface area contributed by atoms with E-state index in [4.69, 9.17) is 4.74 Å². The zero-order valence-corrected chi connectivity index (χ0v) is 18.8.